The fourth-order valence-corrected chi connectivity index (χ4v) is 6.67. The van der Waals surface area contributed by atoms with E-state index in [9.17, 15) is 33.9 Å². The minimum atomic E-state index is -1.34. The van der Waals surface area contributed by atoms with Gasteiger partial charge in [0.25, 0.3) is 0 Å². The first-order chi connectivity index (χ1) is 27.0. The molecule has 0 saturated heterocycles. The highest BCUT2D eigenvalue weighted by molar-refractivity contribution is 6.02. The number of carboxylic acids is 1. The van der Waals surface area contributed by atoms with Crippen LogP contribution in [0, 0.1) is 10.8 Å². The van der Waals surface area contributed by atoms with Gasteiger partial charge in [0.15, 0.2) is 23.8 Å². The van der Waals surface area contributed by atoms with Crippen LogP contribution in [0.4, 0.5) is 0 Å². The Balaban J connectivity index is 1.97. The Morgan fingerprint density at radius 1 is 0.569 bits per heavy atom. The summed E-state index contributed by atoms with van der Waals surface area (Å²) in [4.78, 5) is 72.1. The fourth-order valence-electron chi connectivity index (χ4n) is 6.67. The van der Waals surface area contributed by atoms with Gasteiger partial charge in [-0.3, -0.25) is 19.2 Å². The summed E-state index contributed by atoms with van der Waals surface area (Å²) in [5.74, 6) is -3.16. The van der Waals surface area contributed by atoms with Crippen LogP contribution >= 0.6 is 0 Å². The third kappa shape index (κ3) is 16.2. The molecular formula is C49H61O9-. The highest BCUT2D eigenvalue weighted by atomic mass is 16.6. The van der Waals surface area contributed by atoms with Gasteiger partial charge in [0, 0.05) is 25.2 Å². The largest absolute Gasteiger partial charge is 0.550 e. The predicted molar refractivity (Wildman–Crippen MR) is 227 cm³/mol. The summed E-state index contributed by atoms with van der Waals surface area (Å²) in [5.41, 5.74) is 6.17. The molecule has 0 aromatic heterocycles. The summed E-state index contributed by atoms with van der Waals surface area (Å²) in [6.45, 7) is 20.9. The molecule has 0 radical (unpaired) electrons. The highest BCUT2D eigenvalue weighted by Gasteiger charge is 2.41. The number of Topliss-reactive ketones (excluding diaryl/α,β-unsaturated/α-hetero) is 3. The molecule has 9 nitrogen and oxygen atoms in total. The van der Waals surface area contributed by atoms with Crippen LogP contribution in [-0.2, 0) is 38.2 Å². The lowest BCUT2D eigenvalue weighted by Gasteiger charge is -2.36. The van der Waals surface area contributed by atoms with Gasteiger partial charge in [-0.05, 0) is 88.0 Å². The number of ether oxygens (including phenoxy) is 2. The summed E-state index contributed by atoms with van der Waals surface area (Å²) in [6, 6.07) is 0. The van der Waals surface area contributed by atoms with Gasteiger partial charge in [-0.25, -0.2) is 0 Å². The number of hydrogen-bond acceptors (Lipinski definition) is 9. The number of hydrogen-bond donors (Lipinski definition) is 0. The molecule has 0 aliphatic heterocycles. The van der Waals surface area contributed by atoms with Crippen molar-refractivity contribution in [2.45, 2.75) is 127 Å². The Kier molecular flexibility index (Phi) is 18.9. The first-order valence-corrected chi connectivity index (χ1v) is 19.7. The smallest absolute Gasteiger partial charge is 0.306 e. The Morgan fingerprint density at radius 2 is 0.914 bits per heavy atom. The van der Waals surface area contributed by atoms with E-state index >= 15 is 0 Å². The van der Waals surface area contributed by atoms with E-state index in [0.29, 0.717) is 24.0 Å². The third-order valence-electron chi connectivity index (χ3n) is 10.0. The first-order valence-electron chi connectivity index (χ1n) is 19.7. The standard InChI is InChI=1S/C49H62O9/c1-32(18-14-20-34(3)22-25-39-37(6)46(55)41(30-48(39,8)9)57-44(53)28-24-36(5)50)16-12-13-17-33(2)19-15-21-35(4)23-26-40-38(7)47(56)42(31-49(40,10)11)58-45(54)29-27-43(51)52/h12-23,25-26,41-42H,24,27-31H2,1-11H3,(H,51,52)/p-1/b13-12+,18-14+,19-15+,25-22+,26-23+,32-16+,33-17+,34-20+,35-21+. The molecule has 58 heavy (non-hydrogen) atoms. The lowest BCUT2D eigenvalue weighted by Crippen LogP contribution is -2.39. The van der Waals surface area contributed by atoms with Crippen LogP contribution in [0.15, 0.2) is 130 Å². The Bertz CT molecular complexity index is 1820. The van der Waals surface area contributed by atoms with Crippen LogP contribution in [0.5, 0.6) is 0 Å². The number of esters is 2. The summed E-state index contributed by atoms with van der Waals surface area (Å²) >= 11 is 0. The molecule has 0 heterocycles. The van der Waals surface area contributed by atoms with E-state index in [2.05, 4.69) is 0 Å². The maximum Gasteiger partial charge on any atom is 0.306 e. The number of rotatable bonds is 18. The summed E-state index contributed by atoms with van der Waals surface area (Å²) < 4.78 is 10.8. The van der Waals surface area contributed by atoms with Crippen molar-refractivity contribution in [2.24, 2.45) is 10.8 Å². The van der Waals surface area contributed by atoms with Gasteiger partial charge in [-0.2, -0.15) is 0 Å². The van der Waals surface area contributed by atoms with E-state index in [1.54, 1.807) is 13.8 Å². The number of ketones is 3. The van der Waals surface area contributed by atoms with E-state index in [4.69, 9.17) is 9.47 Å². The average Bonchev–Trinajstić information content (AvgIpc) is 3.12. The Hall–Kier alpha value is -5.44. The molecule has 2 rings (SSSR count). The minimum absolute atomic E-state index is 0.0236. The van der Waals surface area contributed by atoms with Gasteiger partial charge < -0.3 is 24.2 Å². The summed E-state index contributed by atoms with van der Waals surface area (Å²) in [5, 5.41) is 10.7. The number of allylic oxidation sites excluding steroid dienone is 20. The molecule has 0 saturated carbocycles. The first kappa shape index (κ1) is 48.7. The van der Waals surface area contributed by atoms with Gasteiger partial charge in [0.2, 0.25) is 0 Å². The SMILES string of the molecule is CC(=O)CCC(=O)OC1CC(C)(C)C(/C=C/C(C)=C/C=C/C(C)=C/C=C/C=C(C)/C=C/C=C(C)/C=C/C2=C(C)C(=O)C(OC(=O)CCC(=O)[O-])CC2(C)C)=C(C)C1=O. The van der Waals surface area contributed by atoms with Crippen LogP contribution in [0.3, 0.4) is 0 Å². The molecule has 0 amide bonds. The van der Waals surface area contributed by atoms with Crippen LogP contribution < -0.4 is 5.11 Å². The van der Waals surface area contributed by atoms with E-state index < -0.39 is 42.0 Å². The third-order valence-corrected chi connectivity index (χ3v) is 10.0. The second-order valence-electron chi connectivity index (χ2n) is 16.4. The molecule has 0 bridgehead atoms. The van der Waals surface area contributed by atoms with Crippen LogP contribution in [0.2, 0.25) is 0 Å². The Labute approximate surface area is 345 Å². The van der Waals surface area contributed by atoms with Crippen LogP contribution in [-0.4, -0.2) is 47.5 Å². The molecule has 0 aromatic carbocycles. The van der Waals surface area contributed by atoms with Gasteiger partial charge in [-0.15, -0.1) is 0 Å². The second-order valence-corrected chi connectivity index (χ2v) is 16.4. The number of carbonyl (C=O) groups excluding carboxylic acids is 6. The minimum Gasteiger partial charge on any atom is -0.550 e. The normalized spacial score (nSPS) is 21.1. The molecule has 0 N–H and O–H groups in total. The molecular weight excluding hydrogens is 733 g/mol. The molecule has 9 heteroatoms. The van der Waals surface area contributed by atoms with Gasteiger partial charge in [0.1, 0.15) is 5.78 Å². The van der Waals surface area contributed by atoms with Crippen LogP contribution in [0.1, 0.15) is 115 Å². The predicted octanol–water partition coefficient (Wildman–Crippen LogP) is 8.91. The van der Waals surface area contributed by atoms with E-state index in [0.717, 1.165) is 33.4 Å². The van der Waals surface area contributed by atoms with E-state index in [-0.39, 0.29) is 42.0 Å². The zero-order chi connectivity index (χ0) is 43.8. The van der Waals surface area contributed by atoms with Crippen molar-refractivity contribution in [1.29, 1.82) is 0 Å². The molecule has 2 atom stereocenters. The molecule has 0 aromatic rings. The van der Waals surface area contributed by atoms with E-state index in [1.807, 2.05) is 140 Å². The van der Waals surface area contributed by atoms with Crippen LogP contribution in [0.25, 0.3) is 0 Å². The number of carbonyl (C=O) groups is 6. The highest BCUT2D eigenvalue weighted by Crippen LogP contribution is 2.42. The lowest BCUT2D eigenvalue weighted by atomic mass is 9.71. The maximum atomic E-state index is 13.0. The van der Waals surface area contributed by atoms with Crippen molar-refractivity contribution in [3.05, 3.63) is 130 Å². The zero-order valence-electron chi connectivity index (χ0n) is 36.2. The van der Waals surface area contributed by atoms with Gasteiger partial charge >= 0.3 is 11.9 Å². The molecule has 0 spiro atoms. The van der Waals surface area contributed by atoms with Gasteiger partial charge in [-0.1, -0.05) is 135 Å². The fraction of sp³-hybridized carbons (Fsp3) is 0.429. The van der Waals surface area contributed by atoms with Crippen molar-refractivity contribution in [2.75, 3.05) is 0 Å². The Morgan fingerprint density at radius 3 is 1.28 bits per heavy atom. The van der Waals surface area contributed by atoms with Gasteiger partial charge in [0.05, 0.1) is 12.8 Å². The zero-order valence-corrected chi connectivity index (χ0v) is 36.2. The summed E-state index contributed by atoms with van der Waals surface area (Å²) in [7, 11) is 0. The van der Waals surface area contributed by atoms with Crippen molar-refractivity contribution < 1.29 is 43.3 Å². The van der Waals surface area contributed by atoms with Crippen molar-refractivity contribution >= 4 is 35.3 Å². The average molecular weight is 794 g/mol. The van der Waals surface area contributed by atoms with Crippen molar-refractivity contribution in [1.82, 2.24) is 0 Å². The van der Waals surface area contributed by atoms with Crippen molar-refractivity contribution in [3.8, 4) is 0 Å². The maximum absolute atomic E-state index is 13.0. The monoisotopic (exact) mass is 793 g/mol. The topological polar surface area (TPSA) is 144 Å². The molecule has 312 valence electrons. The molecule has 2 unspecified atom stereocenters. The number of aliphatic carboxylic acids is 1. The molecule has 0 fully saturated rings. The quantitative estimate of drug-likeness (QED) is 0.0982. The number of carboxylic acid groups (broad SMARTS) is 1. The van der Waals surface area contributed by atoms with E-state index in [1.165, 1.54) is 6.92 Å². The summed E-state index contributed by atoms with van der Waals surface area (Å²) in [6.07, 6.45) is 26.0. The lowest BCUT2D eigenvalue weighted by molar-refractivity contribution is -0.305. The molecule has 2 aliphatic rings. The molecule has 2 aliphatic carbocycles. The van der Waals surface area contributed by atoms with Crippen molar-refractivity contribution in [3.63, 3.8) is 0 Å². The second kappa shape index (κ2) is 22.5.